The van der Waals surface area contributed by atoms with E-state index in [1.54, 1.807) is 6.07 Å². The molecule has 1 aromatic heterocycles. The molecular formula is C10H13NO2. The van der Waals surface area contributed by atoms with Gasteiger partial charge < -0.3 is 10.2 Å². The van der Waals surface area contributed by atoms with Crippen molar-refractivity contribution in [3.8, 4) is 0 Å². The van der Waals surface area contributed by atoms with Gasteiger partial charge in [0.05, 0.1) is 11.8 Å². The molecule has 1 saturated carbocycles. The van der Waals surface area contributed by atoms with Crippen molar-refractivity contribution >= 4 is 5.78 Å². The lowest BCUT2D eigenvalue weighted by Crippen LogP contribution is -2.17. The summed E-state index contributed by atoms with van der Waals surface area (Å²) >= 11 is 0. The van der Waals surface area contributed by atoms with Crippen molar-refractivity contribution in [2.45, 2.75) is 25.3 Å². The molecule has 3 nitrogen and oxygen atoms in total. The first-order valence-electron chi connectivity index (χ1n) is 4.59. The van der Waals surface area contributed by atoms with E-state index < -0.39 is 0 Å². The van der Waals surface area contributed by atoms with Gasteiger partial charge in [0, 0.05) is 12.0 Å². The van der Waals surface area contributed by atoms with E-state index in [9.17, 15) is 4.79 Å². The third-order valence-electron chi connectivity index (χ3n) is 2.65. The average molecular weight is 179 g/mol. The maximum atomic E-state index is 11.7. The summed E-state index contributed by atoms with van der Waals surface area (Å²) in [5.74, 6) is 0.300. The summed E-state index contributed by atoms with van der Waals surface area (Å²) < 4.78 is 4.87. The number of carbonyl (C=O) groups is 1. The van der Waals surface area contributed by atoms with Crippen molar-refractivity contribution in [3.05, 3.63) is 24.2 Å². The largest absolute Gasteiger partial charge is 0.472 e. The van der Waals surface area contributed by atoms with Crippen LogP contribution in [0.3, 0.4) is 0 Å². The Labute approximate surface area is 76.9 Å². The molecule has 0 saturated heterocycles. The number of Topliss-reactive ketones (excluding diaryl/α,β-unsaturated/α-hetero) is 1. The summed E-state index contributed by atoms with van der Waals surface area (Å²) in [7, 11) is 0. The second-order valence-corrected chi connectivity index (χ2v) is 3.65. The Hall–Kier alpha value is -1.09. The molecule has 1 heterocycles. The van der Waals surface area contributed by atoms with Gasteiger partial charge in [-0.05, 0) is 25.3 Å². The molecule has 0 radical (unpaired) electrons. The molecule has 0 spiro atoms. The van der Waals surface area contributed by atoms with Crippen LogP contribution in [-0.2, 0) is 0 Å². The predicted molar refractivity (Wildman–Crippen MR) is 48.4 cm³/mol. The molecule has 2 atom stereocenters. The molecule has 3 heteroatoms. The Kier molecular flexibility index (Phi) is 2.19. The van der Waals surface area contributed by atoms with E-state index in [-0.39, 0.29) is 17.7 Å². The van der Waals surface area contributed by atoms with Crippen LogP contribution in [0.1, 0.15) is 29.6 Å². The van der Waals surface area contributed by atoms with Gasteiger partial charge in [0.2, 0.25) is 0 Å². The molecule has 0 amide bonds. The average Bonchev–Trinajstić information content (AvgIpc) is 2.72. The standard InChI is InChI=1S/C10H13NO2/c11-9-2-1-7(5-9)10(12)8-3-4-13-6-8/h3-4,6-7,9H,1-2,5,11H2. The molecule has 2 unspecified atom stereocenters. The van der Waals surface area contributed by atoms with Gasteiger partial charge in [-0.2, -0.15) is 0 Å². The molecule has 70 valence electrons. The molecule has 2 N–H and O–H groups in total. The third kappa shape index (κ3) is 1.65. The van der Waals surface area contributed by atoms with Gasteiger partial charge in [0.15, 0.2) is 5.78 Å². The van der Waals surface area contributed by atoms with Crippen LogP contribution in [-0.4, -0.2) is 11.8 Å². The van der Waals surface area contributed by atoms with Gasteiger partial charge in [-0.3, -0.25) is 4.79 Å². The van der Waals surface area contributed by atoms with Gasteiger partial charge in [0.25, 0.3) is 0 Å². The fraction of sp³-hybridized carbons (Fsp3) is 0.500. The van der Waals surface area contributed by atoms with Crippen LogP contribution in [0.25, 0.3) is 0 Å². The van der Waals surface area contributed by atoms with Gasteiger partial charge in [-0.1, -0.05) is 0 Å². The quantitative estimate of drug-likeness (QED) is 0.701. The first kappa shape index (κ1) is 8.51. The number of ketones is 1. The van der Waals surface area contributed by atoms with E-state index in [4.69, 9.17) is 10.2 Å². The van der Waals surface area contributed by atoms with E-state index >= 15 is 0 Å². The smallest absolute Gasteiger partial charge is 0.169 e. The summed E-state index contributed by atoms with van der Waals surface area (Å²) in [6.07, 6.45) is 5.75. The molecule has 1 fully saturated rings. The number of furan rings is 1. The van der Waals surface area contributed by atoms with Gasteiger partial charge >= 0.3 is 0 Å². The van der Waals surface area contributed by atoms with Crippen molar-refractivity contribution in [3.63, 3.8) is 0 Å². The maximum Gasteiger partial charge on any atom is 0.169 e. The van der Waals surface area contributed by atoms with Gasteiger partial charge in [0.1, 0.15) is 6.26 Å². The van der Waals surface area contributed by atoms with Crippen LogP contribution >= 0.6 is 0 Å². The first-order chi connectivity index (χ1) is 6.27. The molecule has 2 rings (SSSR count). The van der Waals surface area contributed by atoms with Crippen LogP contribution < -0.4 is 5.73 Å². The fourth-order valence-electron chi connectivity index (χ4n) is 1.89. The van der Waals surface area contributed by atoms with Crippen molar-refractivity contribution in [1.29, 1.82) is 0 Å². The Bertz CT molecular complexity index is 292. The molecule has 0 bridgehead atoms. The van der Waals surface area contributed by atoms with Crippen LogP contribution in [0.5, 0.6) is 0 Å². The number of hydrogen-bond acceptors (Lipinski definition) is 3. The summed E-state index contributed by atoms with van der Waals surface area (Å²) in [6, 6.07) is 1.92. The number of carbonyl (C=O) groups excluding carboxylic acids is 1. The van der Waals surface area contributed by atoms with Crippen LogP contribution in [0.2, 0.25) is 0 Å². The van der Waals surface area contributed by atoms with Gasteiger partial charge in [-0.15, -0.1) is 0 Å². The number of nitrogens with two attached hydrogens (primary N) is 1. The maximum absolute atomic E-state index is 11.7. The zero-order valence-corrected chi connectivity index (χ0v) is 7.40. The van der Waals surface area contributed by atoms with Crippen molar-refractivity contribution in [2.24, 2.45) is 11.7 Å². The summed E-state index contributed by atoms with van der Waals surface area (Å²) in [4.78, 5) is 11.7. The van der Waals surface area contributed by atoms with E-state index in [0.717, 1.165) is 19.3 Å². The Morgan fingerprint density at radius 1 is 1.54 bits per heavy atom. The molecule has 1 aliphatic carbocycles. The fourth-order valence-corrected chi connectivity index (χ4v) is 1.89. The van der Waals surface area contributed by atoms with Crippen molar-refractivity contribution in [1.82, 2.24) is 0 Å². The van der Waals surface area contributed by atoms with Crippen molar-refractivity contribution in [2.75, 3.05) is 0 Å². The lowest BCUT2D eigenvalue weighted by Gasteiger charge is -2.05. The SMILES string of the molecule is NC1CCC(C(=O)c2ccoc2)C1. The van der Waals surface area contributed by atoms with E-state index in [2.05, 4.69) is 0 Å². The minimum atomic E-state index is 0.118. The highest BCUT2D eigenvalue weighted by atomic mass is 16.3. The number of rotatable bonds is 2. The third-order valence-corrected chi connectivity index (χ3v) is 2.65. The molecule has 1 aromatic rings. The summed E-state index contributed by atoms with van der Waals surface area (Å²) in [6.45, 7) is 0. The Balaban J connectivity index is 2.06. The zero-order chi connectivity index (χ0) is 9.26. The van der Waals surface area contributed by atoms with Crippen LogP contribution in [0.4, 0.5) is 0 Å². The Morgan fingerprint density at radius 3 is 2.92 bits per heavy atom. The highest BCUT2D eigenvalue weighted by Gasteiger charge is 2.28. The minimum absolute atomic E-state index is 0.118. The van der Waals surface area contributed by atoms with E-state index in [1.165, 1.54) is 12.5 Å². The van der Waals surface area contributed by atoms with Crippen LogP contribution in [0.15, 0.2) is 23.0 Å². The predicted octanol–water partition coefficient (Wildman–Crippen LogP) is 1.59. The molecule has 0 aliphatic heterocycles. The molecule has 0 aromatic carbocycles. The highest BCUT2D eigenvalue weighted by molar-refractivity contribution is 5.97. The van der Waals surface area contributed by atoms with E-state index in [1.807, 2.05) is 0 Å². The second-order valence-electron chi connectivity index (χ2n) is 3.65. The second kappa shape index (κ2) is 3.34. The minimum Gasteiger partial charge on any atom is -0.472 e. The normalized spacial score (nSPS) is 27.8. The van der Waals surface area contributed by atoms with Crippen molar-refractivity contribution < 1.29 is 9.21 Å². The first-order valence-corrected chi connectivity index (χ1v) is 4.59. The lowest BCUT2D eigenvalue weighted by molar-refractivity contribution is 0.0921. The summed E-state index contributed by atoms with van der Waals surface area (Å²) in [5.41, 5.74) is 6.42. The van der Waals surface area contributed by atoms with Gasteiger partial charge in [-0.25, -0.2) is 0 Å². The molecular weight excluding hydrogens is 166 g/mol. The van der Waals surface area contributed by atoms with E-state index in [0.29, 0.717) is 5.56 Å². The highest BCUT2D eigenvalue weighted by Crippen LogP contribution is 2.27. The Morgan fingerprint density at radius 2 is 2.38 bits per heavy atom. The lowest BCUT2D eigenvalue weighted by atomic mass is 9.98. The topological polar surface area (TPSA) is 56.2 Å². The monoisotopic (exact) mass is 179 g/mol. The zero-order valence-electron chi connectivity index (χ0n) is 7.40. The number of hydrogen-bond donors (Lipinski definition) is 1. The molecule has 13 heavy (non-hydrogen) atoms. The molecule has 1 aliphatic rings. The summed E-state index contributed by atoms with van der Waals surface area (Å²) in [5, 5.41) is 0. The van der Waals surface area contributed by atoms with Crippen LogP contribution in [0, 0.1) is 5.92 Å².